The number of carbonyl (C=O) groups excluding carboxylic acids is 1. The van der Waals surface area contributed by atoms with E-state index < -0.39 is 0 Å². The Morgan fingerprint density at radius 2 is 2.07 bits per heavy atom. The van der Waals surface area contributed by atoms with Crippen molar-refractivity contribution >= 4 is 5.97 Å². The van der Waals surface area contributed by atoms with Crippen molar-refractivity contribution in [1.29, 1.82) is 0 Å². The van der Waals surface area contributed by atoms with Crippen molar-refractivity contribution in [3.63, 3.8) is 0 Å². The first-order chi connectivity index (χ1) is 6.95. The largest absolute Gasteiger partial charge is 0.466 e. The van der Waals surface area contributed by atoms with Gasteiger partial charge in [-0.3, -0.25) is 4.90 Å². The van der Waals surface area contributed by atoms with Crippen molar-refractivity contribution in [2.24, 2.45) is 0 Å². The average molecular weight is 212 g/mol. The number of carbonyl (C=O) groups is 1. The van der Waals surface area contributed by atoms with Crippen molar-refractivity contribution in [3.8, 4) is 0 Å². The van der Waals surface area contributed by atoms with Crippen LogP contribution >= 0.6 is 0 Å². The summed E-state index contributed by atoms with van der Waals surface area (Å²) in [6, 6.07) is 0. The van der Waals surface area contributed by atoms with E-state index in [1.54, 1.807) is 0 Å². The Morgan fingerprint density at radius 3 is 2.60 bits per heavy atom. The Balaban J connectivity index is 2.53. The number of nitrogens with zero attached hydrogens (tertiary/aromatic N) is 2. The van der Waals surface area contributed by atoms with Gasteiger partial charge in [-0.15, -0.1) is 0 Å². The molecule has 4 nitrogen and oxygen atoms in total. The Labute approximate surface area is 91.5 Å². The zero-order chi connectivity index (χ0) is 11.5. The van der Waals surface area contributed by atoms with E-state index in [4.69, 9.17) is 0 Å². The molecule has 0 saturated carbocycles. The minimum Gasteiger partial charge on any atom is -0.466 e. The highest BCUT2D eigenvalue weighted by atomic mass is 16.5. The molecule has 0 aliphatic carbocycles. The third-order valence-electron chi connectivity index (χ3n) is 2.97. The van der Waals surface area contributed by atoms with Crippen LogP contribution in [0.15, 0.2) is 12.3 Å². The Hall–Kier alpha value is -1.03. The summed E-state index contributed by atoms with van der Waals surface area (Å²) in [4.78, 5) is 15.4. The topological polar surface area (TPSA) is 32.8 Å². The second kappa shape index (κ2) is 4.66. The van der Waals surface area contributed by atoms with Crippen LogP contribution in [0.5, 0.6) is 0 Å². The number of piperazine rings is 1. The fraction of sp³-hybridized carbons (Fsp3) is 0.727. The van der Waals surface area contributed by atoms with Crippen molar-refractivity contribution in [1.82, 2.24) is 9.80 Å². The number of ether oxygens (including phenoxy) is 1. The summed E-state index contributed by atoms with van der Waals surface area (Å²) in [7, 11) is 3.52. The van der Waals surface area contributed by atoms with Crippen LogP contribution in [0.4, 0.5) is 0 Å². The molecular weight excluding hydrogens is 192 g/mol. The summed E-state index contributed by atoms with van der Waals surface area (Å²) < 4.78 is 4.55. The van der Waals surface area contributed by atoms with Gasteiger partial charge in [0.25, 0.3) is 0 Å². The molecule has 0 N–H and O–H groups in total. The first kappa shape index (κ1) is 12.0. The second-order valence-corrected chi connectivity index (χ2v) is 4.54. The highest BCUT2D eigenvalue weighted by Gasteiger charge is 2.29. The van der Waals surface area contributed by atoms with Gasteiger partial charge in [0.2, 0.25) is 0 Å². The molecule has 1 heterocycles. The lowest BCUT2D eigenvalue weighted by molar-refractivity contribution is -0.134. The Bertz CT molecular complexity index is 261. The van der Waals surface area contributed by atoms with Gasteiger partial charge in [0.05, 0.1) is 7.11 Å². The number of rotatable bonds is 2. The van der Waals surface area contributed by atoms with Crippen molar-refractivity contribution < 1.29 is 9.53 Å². The molecule has 0 atom stereocenters. The standard InChI is InChI=1S/C11H20N2O2/c1-11(2)9-13(8-7-12(11)3)6-5-10(14)15-4/h5-6H,7-9H2,1-4H3. The second-order valence-electron chi connectivity index (χ2n) is 4.54. The van der Waals surface area contributed by atoms with Crippen molar-refractivity contribution in [3.05, 3.63) is 12.3 Å². The van der Waals surface area contributed by atoms with E-state index in [1.807, 2.05) is 6.20 Å². The lowest BCUT2D eigenvalue weighted by Gasteiger charge is -2.45. The van der Waals surface area contributed by atoms with Crippen LogP contribution in [0.2, 0.25) is 0 Å². The molecule has 1 fully saturated rings. The highest BCUT2D eigenvalue weighted by Crippen LogP contribution is 2.18. The highest BCUT2D eigenvalue weighted by molar-refractivity contribution is 5.81. The fourth-order valence-corrected chi connectivity index (χ4v) is 1.64. The van der Waals surface area contributed by atoms with Gasteiger partial charge in [-0.25, -0.2) is 4.79 Å². The Morgan fingerprint density at radius 1 is 1.40 bits per heavy atom. The van der Waals surface area contributed by atoms with Crippen molar-refractivity contribution in [2.75, 3.05) is 33.8 Å². The maximum Gasteiger partial charge on any atom is 0.331 e. The smallest absolute Gasteiger partial charge is 0.331 e. The van der Waals surface area contributed by atoms with Gasteiger partial charge in [-0.05, 0) is 20.9 Å². The van der Waals surface area contributed by atoms with E-state index >= 15 is 0 Å². The van der Waals surface area contributed by atoms with Gasteiger partial charge < -0.3 is 9.64 Å². The normalized spacial score (nSPS) is 22.0. The summed E-state index contributed by atoms with van der Waals surface area (Å²) >= 11 is 0. The summed E-state index contributed by atoms with van der Waals surface area (Å²) in [5.41, 5.74) is 0.151. The number of likely N-dealkylation sites (N-methyl/N-ethyl adjacent to an activating group) is 1. The molecule has 0 amide bonds. The van der Waals surface area contributed by atoms with Gasteiger partial charge in [-0.1, -0.05) is 0 Å². The molecule has 0 aromatic carbocycles. The van der Waals surface area contributed by atoms with Gasteiger partial charge in [0.1, 0.15) is 0 Å². The Kier molecular flexibility index (Phi) is 3.74. The SMILES string of the molecule is COC(=O)C=CN1CCN(C)C(C)(C)C1. The summed E-state index contributed by atoms with van der Waals surface area (Å²) in [6.45, 7) is 7.29. The summed E-state index contributed by atoms with van der Waals surface area (Å²) in [5, 5.41) is 0. The predicted molar refractivity (Wildman–Crippen MR) is 59.4 cm³/mol. The van der Waals surface area contributed by atoms with Crippen LogP contribution < -0.4 is 0 Å². The molecule has 1 saturated heterocycles. The van der Waals surface area contributed by atoms with Crippen LogP contribution in [0, 0.1) is 0 Å². The van der Waals surface area contributed by atoms with E-state index in [9.17, 15) is 4.79 Å². The molecular formula is C11H20N2O2. The first-order valence-corrected chi connectivity index (χ1v) is 5.17. The molecule has 1 aliphatic heterocycles. The van der Waals surface area contributed by atoms with Gasteiger partial charge in [0, 0.05) is 37.4 Å². The van der Waals surface area contributed by atoms with Crippen molar-refractivity contribution in [2.45, 2.75) is 19.4 Å². The molecule has 86 valence electrons. The maximum absolute atomic E-state index is 10.9. The van der Waals surface area contributed by atoms with Gasteiger partial charge in [-0.2, -0.15) is 0 Å². The van der Waals surface area contributed by atoms with Crippen LogP contribution in [-0.4, -0.2) is 55.1 Å². The van der Waals surface area contributed by atoms with Crippen LogP contribution in [-0.2, 0) is 9.53 Å². The van der Waals surface area contributed by atoms with E-state index in [2.05, 4.69) is 35.4 Å². The van der Waals surface area contributed by atoms with E-state index in [0.29, 0.717) is 0 Å². The molecule has 0 radical (unpaired) electrons. The van der Waals surface area contributed by atoms with Gasteiger partial charge in [0.15, 0.2) is 0 Å². The van der Waals surface area contributed by atoms with E-state index in [1.165, 1.54) is 13.2 Å². The number of esters is 1. The fourth-order valence-electron chi connectivity index (χ4n) is 1.64. The quantitative estimate of drug-likeness (QED) is 0.498. The molecule has 0 spiro atoms. The minimum atomic E-state index is -0.299. The zero-order valence-corrected chi connectivity index (χ0v) is 9.99. The minimum absolute atomic E-state index is 0.151. The van der Waals surface area contributed by atoms with Crippen LogP contribution in [0.3, 0.4) is 0 Å². The number of methoxy groups -OCH3 is 1. The predicted octanol–water partition coefficient (Wildman–Crippen LogP) is 0.699. The lowest BCUT2D eigenvalue weighted by Crippen LogP contribution is -2.56. The lowest BCUT2D eigenvalue weighted by atomic mass is 10.0. The monoisotopic (exact) mass is 212 g/mol. The third kappa shape index (κ3) is 3.23. The van der Waals surface area contributed by atoms with E-state index in [-0.39, 0.29) is 11.5 Å². The summed E-state index contributed by atoms with van der Waals surface area (Å²) in [5.74, 6) is -0.299. The number of hydrogen-bond donors (Lipinski definition) is 0. The van der Waals surface area contributed by atoms with E-state index in [0.717, 1.165) is 19.6 Å². The van der Waals surface area contributed by atoms with Crippen LogP contribution in [0.1, 0.15) is 13.8 Å². The molecule has 0 bridgehead atoms. The first-order valence-electron chi connectivity index (χ1n) is 5.17. The third-order valence-corrected chi connectivity index (χ3v) is 2.97. The molecule has 4 heteroatoms. The zero-order valence-electron chi connectivity index (χ0n) is 9.99. The molecule has 0 aromatic heterocycles. The maximum atomic E-state index is 10.9. The van der Waals surface area contributed by atoms with Crippen LogP contribution in [0.25, 0.3) is 0 Å². The average Bonchev–Trinajstić information content (AvgIpc) is 2.19. The molecule has 0 aromatic rings. The molecule has 15 heavy (non-hydrogen) atoms. The van der Waals surface area contributed by atoms with Gasteiger partial charge >= 0.3 is 5.97 Å². The number of hydrogen-bond acceptors (Lipinski definition) is 4. The molecule has 0 unspecified atom stereocenters. The molecule has 1 aliphatic rings. The molecule has 1 rings (SSSR count). The summed E-state index contributed by atoms with van der Waals surface area (Å²) in [6.07, 6.45) is 3.29.